The second kappa shape index (κ2) is 6.24. The smallest absolute Gasteiger partial charge is 0.234 e. The Morgan fingerprint density at radius 2 is 1.75 bits per heavy atom. The Labute approximate surface area is 99.2 Å². The third-order valence-electron chi connectivity index (χ3n) is 3.77. The van der Waals surface area contributed by atoms with Crippen molar-refractivity contribution in [3.05, 3.63) is 0 Å². The van der Waals surface area contributed by atoms with Crippen molar-refractivity contribution in [3.8, 4) is 0 Å². The number of amides is 1. The molecule has 94 valence electrons. The summed E-state index contributed by atoms with van der Waals surface area (Å²) in [7, 11) is 0. The van der Waals surface area contributed by atoms with Crippen molar-refractivity contribution in [1.29, 1.82) is 0 Å². The number of nitrogens with two attached hydrogens (primary N) is 1. The second-order valence-electron chi connectivity index (χ2n) is 5.48. The first-order valence-electron chi connectivity index (χ1n) is 6.57. The van der Waals surface area contributed by atoms with E-state index in [4.69, 9.17) is 5.73 Å². The lowest BCUT2D eigenvalue weighted by atomic mass is 9.84. The third-order valence-corrected chi connectivity index (χ3v) is 3.77. The van der Waals surface area contributed by atoms with Crippen LogP contribution in [0.2, 0.25) is 0 Å². The first-order chi connectivity index (χ1) is 7.52. The average Bonchev–Trinajstić information content (AvgIpc) is 2.25. The molecule has 1 rings (SSSR count). The van der Waals surface area contributed by atoms with E-state index in [1.165, 1.54) is 32.1 Å². The number of carbonyl (C=O) groups is 1. The molecule has 3 nitrogen and oxygen atoms in total. The van der Waals surface area contributed by atoms with Gasteiger partial charge in [0.1, 0.15) is 0 Å². The Morgan fingerprint density at radius 3 is 2.19 bits per heavy atom. The molecule has 1 aliphatic rings. The van der Waals surface area contributed by atoms with Crippen molar-refractivity contribution in [2.45, 2.75) is 65.0 Å². The van der Waals surface area contributed by atoms with E-state index in [0.717, 1.165) is 0 Å². The third kappa shape index (κ3) is 3.78. The SMILES string of the molecule is CC(C)C(NC(C)C1CCCCC1)C(N)=O. The molecule has 16 heavy (non-hydrogen) atoms. The van der Waals surface area contributed by atoms with Crippen LogP contribution in [0.1, 0.15) is 52.9 Å². The molecule has 0 saturated heterocycles. The quantitative estimate of drug-likeness (QED) is 0.754. The first-order valence-corrected chi connectivity index (χ1v) is 6.57. The van der Waals surface area contributed by atoms with Gasteiger partial charge in [-0.15, -0.1) is 0 Å². The van der Waals surface area contributed by atoms with Crippen LogP contribution in [0.25, 0.3) is 0 Å². The van der Waals surface area contributed by atoms with Gasteiger partial charge in [0.2, 0.25) is 5.91 Å². The van der Waals surface area contributed by atoms with Gasteiger partial charge in [0.15, 0.2) is 0 Å². The molecule has 3 N–H and O–H groups in total. The lowest BCUT2D eigenvalue weighted by Gasteiger charge is -2.32. The van der Waals surface area contributed by atoms with Gasteiger partial charge in [-0.2, -0.15) is 0 Å². The number of nitrogens with one attached hydrogen (secondary N) is 1. The highest BCUT2D eigenvalue weighted by atomic mass is 16.1. The Kier molecular flexibility index (Phi) is 5.26. The first kappa shape index (κ1) is 13.5. The summed E-state index contributed by atoms with van der Waals surface area (Å²) in [6.45, 7) is 6.26. The fraction of sp³-hybridized carbons (Fsp3) is 0.923. The summed E-state index contributed by atoms with van der Waals surface area (Å²) in [6.07, 6.45) is 6.61. The van der Waals surface area contributed by atoms with E-state index in [0.29, 0.717) is 12.0 Å². The van der Waals surface area contributed by atoms with Crippen molar-refractivity contribution in [1.82, 2.24) is 5.32 Å². The topological polar surface area (TPSA) is 55.1 Å². The van der Waals surface area contributed by atoms with E-state index in [1.807, 2.05) is 13.8 Å². The summed E-state index contributed by atoms with van der Waals surface area (Å²) >= 11 is 0. The minimum atomic E-state index is -0.224. The van der Waals surface area contributed by atoms with Crippen molar-refractivity contribution >= 4 is 5.91 Å². The van der Waals surface area contributed by atoms with Crippen LogP contribution in [-0.4, -0.2) is 18.0 Å². The highest BCUT2D eigenvalue weighted by Crippen LogP contribution is 2.26. The van der Waals surface area contributed by atoms with Gasteiger partial charge < -0.3 is 11.1 Å². The maximum atomic E-state index is 11.3. The Morgan fingerprint density at radius 1 is 1.19 bits per heavy atom. The molecule has 1 amide bonds. The molecular weight excluding hydrogens is 200 g/mol. The van der Waals surface area contributed by atoms with Gasteiger partial charge in [0.25, 0.3) is 0 Å². The van der Waals surface area contributed by atoms with E-state index < -0.39 is 0 Å². The number of rotatable bonds is 5. The van der Waals surface area contributed by atoms with Crippen molar-refractivity contribution in [2.24, 2.45) is 17.6 Å². The molecule has 0 heterocycles. The lowest BCUT2D eigenvalue weighted by molar-refractivity contribution is -0.121. The van der Waals surface area contributed by atoms with Gasteiger partial charge in [0, 0.05) is 6.04 Å². The molecule has 0 aromatic heterocycles. The van der Waals surface area contributed by atoms with Gasteiger partial charge in [0.05, 0.1) is 6.04 Å². The molecule has 0 bridgehead atoms. The van der Waals surface area contributed by atoms with Crippen LogP contribution in [0.4, 0.5) is 0 Å². The fourth-order valence-corrected chi connectivity index (χ4v) is 2.66. The number of carbonyl (C=O) groups excluding carboxylic acids is 1. The summed E-state index contributed by atoms with van der Waals surface area (Å²) in [5.74, 6) is 0.760. The largest absolute Gasteiger partial charge is 0.368 e. The summed E-state index contributed by atoms with van der Waals surface area (Å²) in [5.41, 5.74) is 5.41. The predicted octanol–water partition coefficient (Wildman–Crippen LogP) is 2.05. The van der Waals surface area contributed by atoms with Crippen molar-refractivity contribution < 1.29 is 4.79 Å². The van der Waals surface area contributed by atoms with E-state index in [2.05, 4.69) is 12.2 Å². The molecule has 2 unspecified atom stereocenters. The standard InChI is InChI=1S/C13H26N2O/c1-9(2)12(13(14)16)15-10(3)11-7-5-4-6-8-11/h9-12,15H,4-8H2,1-3H3,(H2,14,16). The fourth-order valence-electron chi connectivity index (χ4n) is 2.66. The molecule has 1 aliphatic carbocycles. The van der Waals surface area contributed by atoms with Gasteiger partial charge in [-0.05, 0) is 31.6 Å². The van der Waals surface area contributed by atoms with Crippen LogP contribution in [0.3, 0.4) is 0 Å². The molecule has 3 heteroatoms. The molecule has 2 atom stereocenters. The Bertz CT molecular complexity index is 222. The number of hydrogen-bond acceptors (Lipinski definition) is 2. The minimum Gasteiger partial charge on any atom is -0.368 e. The normalized spacial score (nSPS) is 22.0. The van der Waals surface area contributed by atoms with E-state index in [-0.39, 0.29) is 17.9 Å². The van der Waals surface area contributed by atoms with Gasteiger partial charge >= 0.3 is 0 Å². The van der Waals surface area contributed by atoms with Gasteiger partial charge in [-0.1, -0.05) is 33.1 Å². The maximum absolute atomic E-state index is 11.3. The second-order valence-corrected chi connectivity index (χ2v) is 5.48. The number of hydrogen-bond donors (Lipinski definition) is 2. The van der Waals surface area contributed by atoms with Crippen molar-refractivity contribution in [3.63, 3.8) is 0 Å². The highest BCUT2D eigenvalue weighted by molar-refractivity contribution is 5.80. The highest BCUT2D eigenvalue weighted by Gasteiger charge is 2.26. The summed E-state index contributed by atoms with van der Waals surface area (Å²) in [5, 5.41) is 3.41. The molecular formula is C13H26N2O. The zero-order chi connectivity index (χ0) is 12.1. The molecule has 1 fully saturated rings. The van der Waals surface area contributed by atoms with Crippen molar-refractivity contribution in [2.75, 3.05) is 0 Å². The molecule has 0 aliphatic heterocycles. The van der Waals surface area contributed by atoms with Crippen LogP contribution in [0.15, 0.2) is 0 Å². The number of primary amides is 1. The monoisotopic (exact) mass is 226 g/mol. The van der Waals surface area contributed by atoms with Gasteiger partial charge in [-0.25, -0.2) is 0 Å². The molecule has 0 aromatic rings. The summed E-state index contributed by atoms with van der Waals surface area (Å²) in [6, 6.07) is 0.220. The van der Waals surface area contributed by atoms with Crippen LogP contribution in [0.5, 0.6) is 0 Å². The zero-order valence-electron chi connectivity index (χ0n) is 10.8. The Balaban J connectivity index is 2.46. The molecule has 0 spiro atoms. The van der Waals surface area contributed by atoms with Crippen LogP contribution < -0.4 is 11.1 Å². The average molecular weight is 226 g/mol. The van der Waals surface area contributed by atoms with Crippen LogP contribution >= 0.6 is 0 Å². The lowest BCUT2D eigenvalue weighted by Crippen LogP contribution is -2.50. The minimum absolute atomic E-state index is 0.183. The summed E-state index contributed by atoms with van der Waals surface area (Å²) in [4.78, 5) is 11.3. The molecule has 0 aromatic carbocycles. The summed E-state index contributed by atoms with van der Waals surface area (Å²) < 4.78 is 0. The van der Waals surface area contributed by atoms with E-state index in [1.54, 1.807) is 0 Å². The van der Waals surface area contributed by atoms with Crippen LogP contribution in [0, 0.1) is 11.8 Å². The zero-order valence-corrected chi connectivity index (χ0v) is 10.8. The molecule has 0 radical (unpaired) electrons. The van der Waals surface area contributed by atoms with E-state index >= 15 is 0 Å². The maximum Gasteiger partial charge on any atom is 0.234 e. The Hall–Kier alpha value is -0.570. The van der Waals surface area contributed by atoms with E-state index in [9.17, 15) is 4.79 Å². The van der Waals surface area contributed by atoms with Gasteiger partial charge in [-0.3, -0.25) is 4.79 Å². The predicted molar refractivity (Wildman–Crippen MR) is 67.0 cm³/mol. The molecule has 1 saturated carbocycles. The van der Waals surface area contributed by atoms with Crippen LogP contribution in [-0.2, 0) is 4.79 Å².